The molecule has 0 spiro atoms. The van der Waals surface area contributed by atoms with Gasteiger partial charge in [-0.2, -0.15) is 4.98 Å². The third-order valence-electron chi connectivity index (χ3n) is 2.73. The van der Waals surface area contributed by atoms with E-state index in [1.165, 1.54) is 0 Å². The maximum atomic E-state index is 5.99. The molecule has 0 saturated heterocycles. The lowest BCUT2D eigenvalue weighted by atomic mass is 10.2. The van der Waals surface area contributed by atoms with Crippen LogP contribution in [0.3, 0.4) is 0 Å². The lowest BCUT2D eigenvalue weighted by Gasteiger charge is -2.05. The molecule has 0 atom stereocenters. The largest absolute Gasteiger partial charge is 0.480 e. The minimum Gasteiger partial charge on any atom is -0.480 e. The Hall–Kier alpha value is -1.34. The zero-order valence-corrected chi connectivity index (χ0v) is 12.9. The average Bonchev–Trinajstić information content (AvgIpc) is 2.80. The van der Waals surface area contributed by atoms with E-state index in [2.05, 4.69) is 37.5 Å². The zero-order chi connectivity index (χ0) is 13.4. The number of benzene rings is 1. The smallest absolute Gasteiger partial charge is 0.227 e. The standard InChI is InChI=1S/C13H9ClIN3O/c1-19-13-10-9(15)6-16-12(10)17-11(18-13)7-3-2-4-8(14)5-7/h2-6H,1H3,(H,16,17,18). The Morgan fingerprint density at radius 3 is 2.89 bits per heavy atom. The van der Waals surface area contributed by atoms with E-state index in [0.29, 0.717) is 16.7 Å². The van der Waals surface area contributed by atoms with Gasteiger partial charge in [-0.3, -0.25) is 0 Å². The van der Waals surface area contributed by atoms with E-state index in [4.69, 9.17) is 16.3 Å². The number of ether oxygens (including phenoxy) is 1. The zero-order valence-electron chi connectivity index (χ0n) is 9.95. The number of nitrogens with zero attached hydrogens (tertiary/aromatic N) is 2. The van der Waals surface area contributed by atoms with Crippen LogP contribution in [-0.2, 0) is 0 Å². The highest BCUT2D eigenvalue weighted by molar-refractivity contribution is 14.1. The SMILES string of the molecule is COc1nc(-c2cccc(Cl)c2)nc2[nH]cc(I)c12. The van der Waals surface area contributed by atoms with Crippen LogP contribution >= 0.6 is 34.2 Å². The lowest BCUT2D eigenvalue weighted by Crippen LogP contribution is -1.95. The fraction of sp³-hybridized carbons (Fsp3) is 0.0769. The van der Waals surface area contributed by atoms with Crippen molar-refractivity contribution in [1.82, 2.24) is 15.0 Å². The highest BCUT2D eigenvalue weighted by Gasteiger charge is 2.13. The van der Waals surface area contributed by atoms with Crippen molar-refractivity contribution in [1.29, 1.82) is 0 Å². The summed E-state index contributed by atoms with van der Waals surface area (Å²) in [7, 11) is 1.60. The summed E-state index contributed by atoms with van der Waals surface area (Å²) >= 11 is 8.22. The van der Waals surface area contributed by atoms with Crippen molar-refractivity contribution in [2.45, 2.75) is 0 Å². The minimum atomic E-state index is 0.561. The van der Waals surface area contributed by atoms with Crippen LogP contribution in [-0.4, -0.2) is 22.1 Å². The molecule has 0 aliphatic rings. The second-order valence-electron chi connectivity index (χ2n) is 3.93. The molecule has 4 nitrogen and oxygen atoms in total. The molecule has 0 unspecified atom stereocenters. The van der Waals surface area contributed by atoms with Gasteiger partial charge in [-0.15, -0.1) is 0 Å². The van der Waals surface area contributed by atoms with Crippen molar-refractivity contribution in [2.24, 2.45) is 0 Å². The maximum Gasteiger partial charge on any atom is 0.227 e. The number of hydrogen-bond acceptors (Lipinski definition) is 3. The van der Waals surface area contributed by atoms with E-state index >= 15 is 0 Å². The van der Waals surface area contributed by atoms with E-state index in [-0.39, 0.29) is 0 Å². The topological polar surface area (TPSA) is 50.8 Å². The Labute approximate surface area is 128 Å². The van der Waals surface area contributed by atoms with Crippen molar-refractivity contribution in [3.05, 3.63) is 39.1 Å². The fourth-order valence-corrected chi connectivity index (χ4v) is 2.70. The number of methoxy groups -OCH3 is 1. The molecule has 3 rings (SSSR count). The molecule has 1 N–H and O–H groups in total. The van der Waals surface area contributed by atoms with Crippen molar-refractivity contribution in [2.75, 3.05) is 7.11 Å². The molecule has 19 heavy (non-hydrogen) atoms. The summed E-state index contributed by atoms with van der Waals surface area (Å²) < 4.78 is 6.38. The van der Waals surface area contributed by atoms with E-state index in [1.807, 2.05) is 30.5 Å². The Morgan fingerprint density at radius 1 is 1.32 bits per heavy atom. The van der Waals surface area contributed by atoms with Gasteiger partial charge in [0, 0.05) is 20.4 Å². The molecule has 0 amide bonds. The van der Waals surface area contributed by atoms with Gasteiger partial charge < -0.3 is 9.72 Å². The van der Waals surface area contributed by atoms with E-state index in [1.54, 1.807) is 7.11 Å². The summed E-state index contributed by atoms with van der Waals surface area (Å²) in [5.41, 5.74) is 1.61. The molecule has 1 aromatic carbocycles. The van der Waals surface area contributed by atoms with Gasteiger partial charge in [0.25, 0.3) is 0 Å². The van der Waals surface area contributed by atoms with Crippen LogP contribution in [0.5, 0.6) is 5.88 Å². The average molecular weight is 386 g/mol. The molecule has 2 heterocycles. The number of H-pyrrole nitrogens is 1. The number of aromatic nitrogens is 3. The van der Waals surface area contributed by atoms with Gasteiger partial charge in [-0.25, -0.2) is 4.98 Å². The second-order valence-corrected chi connectivity index (χ2v) is 5.53. The number of hydrogen-bond donors (Lipinski definition) is 1. The molecular formula is C13H9ClIN3O. The quantitative estimate of drug-likeness (QED) is 0.681. The van der Waals surface area contributed by atoms with Crippen LogP contribution in [0.25, 0.3) is 22.4 Å². The molecule has 0 aliphatic heterocycles. The maximum absolute atomic E-state index is 5.99. The number of rotatable bonds is 2. The molecule has 0 bridgehead atoms. The fourth-order valence-electron chi connectivity index (χ4n) is 1.87. The van der Waals surface area contributed by atoms with Gasteiger partial charge in [0.1, 0.15) is 5.65 Å². The molecular weight excluding hydrogens is 377 g/mol. The van der Waals surface area contributed by atoms with Crippen molar-refractivity contribution >= 4 is 45.2 Å². The van der Waals surface area contributed by atoms with E-state index < -0.39 is 0 Å². The van der Waals surface area contributed by atoms with Crippen LogP contribution in [0.4, 0.5) is 0 Å². The van der Waals surface area contributed by atoms with Crippen LogP contribution in [0.2, 0.25) is 5.02 Å². The Bertz CT molecular complexity index is 757. The summed E-state index contributed by atoms with van der Waals surface area (Å²) in [6.45, 7) is 0. The van der Waals surface area contributed by atoms with Crippen LogP contribution in [0, 0.1) is 3.57 Å². The number of fused-ring (bicyclic) bond motifs is 1. The highest BCUT2D eigenvalue weighted by atomic mass is 127. The summed E-state index contributed by atoms with van der Waals surface area (Å²) in [6, 6.07) is 7.44. The van der Waals surface area contributed by atoms with Crippen LogP contribution in [0.1, 0.15) is 0 Å². The Morgan fingerprint density at radius 2 is 2.16 bits per heavy atom. The number of halogens is 2. The summed E-state index contributed by atoms with van der Waals surface area (Å²) in [5.74, 6) is 1.15. The molecule has 3 aromatic rings. The van der Waals surface area contributed by atoms with Gasteiger partial charge in [-0.05, 0) is 34.7 Å². The first-order valence-electron chi connectivity index (χ1n) is 5.53. The third kappa shape index (κ3) is 2.28. The minimum absolute atomic E-state index is 0.561. The summed E-state index contributed by atoms with van der Waals surface area (Å²) in [4.78, 5) is 12.1. The summed E-state index contributed by atoms with van der Waals surface area (Å²) in [5, 5.41) is 1.55. The summed E-state index contributed by atoms with van der Waals surface area (Å²) in [6.07, 6.45) is 1.88. The van der Waals surface area contributed by atoms with Crippen molar-refractivity contribution in [3.63, 3.8) is 0 Å². The van der Waals surface area contributed by atoms with Gasteiger partial charge in [0.15, 0.2) is 5.82 Å². The number of nitrogens with one attached hydrogen (secondary N) is 1. The first-order valence-corrected chi connectivity index (χ1v) is 6.99. The Balaban J connectivity index is 2.25. The third-order valence-corrected chi connectivity index (χ3v) is 3.81. The normalized spacial score (nSPS) is 10.9. The predicted octanol–water partition coefficient (Wildman–Crippen LogP) is 3.89. The van der Waals surface area contributed by atoms with Crippen LogP contribution in [0.15, 0.2) is 30.5 Å². The molecule has 2 aromatic heterocycles. The molecule has 0 fully saturated rings. The first kappa shape index (κ1) is 12.7. The molecule has 0 saturated carbocycles. The lowest BCUT2D eigenvalue weighted by molar-refractivity contribution is 0.403. The van der Waals surface area contributed by atoms with Crippen LogP contribution < -0.4 is 4.74 Å². The number of aromatic amines is 1. The van der Waals surface area contributed by atoms with Gasteiger partial charge >= 0.3 is 0 Å². The molecule has 96 valence electrons. The monoisotopic (exact) mass is 385 g/mol. The van der Waals surface area contributed by atoms with E-state index in [0.717, 1.165) is 20.2 Å². The van der Waals surface area contributed by atoms with Gasteiger partial charge in [0.05, 0.1) is 12.5 Å². The first-order chi connectivity index (χ1) is 9.19. The molecule has 0 radical (unpaired) electrons. The Kier molecular flexibility index (Phi) is 3.32. The molecule has 6 heteroatoms. The highest BCUT2D eigenvalue weighted by Crippen LogP contribution is 2.30. The van der Waals surface area contributed by atoms with Crippen molar-refractivity contribution < 1.29 is 4.74 Å². The molecule has 0 aliphatic carbocycles. The predicted molar refractivity (Wildman–Crippen MR) is 83.6 cm³/mol. The van der Waals surface area contributed by atoms with Crippen molar-refractivity contribution in [3.8, 4) is 17.3 Å². The van der Waals surface area contributed by atoms with E-state index in [9.17, 15) is 0 Å². The van der Waals surface area contributed by atoms with Gasteiger partial charge in [-0.1, -0.05) is 23.7 Å². The van der Waals surface area contributed by atoms with Gasteiger partial charge in [0.2, 0.25) is 5.88 Å². The second kappa shape index (κ2) is 4.97.